The highest BCUT2D eigenvalue weighted by atomic mass is 79.9. The lowest BCUT2D eigenvalue weighted by Crippen LogP contribution is -2.41. The molecule has 3 aromatic carbocycles. The Bertz CT molecular complexity index is 1250. The summed E-state index contributed by atoms with van der Waals surface area (Å²) >= 11 is 3.38. The Balaban J connectivity index is 1.90. The van der Waals surface area contributed by atoms with E-state index in [0.717, 1.165) is 31.0 Å². The monoisotopic (exact) mass is 528 g/mol. The van der Waals surface area contributed by atoms with Crippen molar-refractivity contribution in [2.45, 2.75) is 45.6 Å². The third-order valence-corrected chi connectivity index (χ3v) is 8.05. The van der Waals surface area contributed by atoms with E-state index in [-0.39, 0.29) is 23.4 Å². The highest BCUT2D eigenvalue weighted by Crippen LogP contribution is 2.26. The van der Waals surface area contributed by atoms with Gasteiger partial charge in [0.15, 0.2) is 0 Å². The molecular weight excluding hydrogens is 500 g/mol. The summed E-state index contributed by atoms with van der Waals surface area (Å²) in [6.07, 6.45) is 0. The average Bonchev–Trinajstić information content (AvgIpc) is 2.75. The lowest BCUT2D eigenvalue weighted by atomic mass is 9.96. The van der Waals surface area contributed by atoms with Crippen LogP contribution in [0.5, 0.6) is 0 Å². The summed E-state index contributed by atoms with van der Waals surface area (Å²) in [7, 11) is -3.94. The van der Waals surface area contributed by atoms with Gasteiger partial charge >= 0.3 is 0 Å². The molecule has 3 aromatic rings. The van der Waals surface area contributed by atoms with Crippen LogP contribution in [0, 0.1) is 27.7 Å². The third-order valence-electron chi connectivity index (χ3n) is 5.74. The van der Waals surface area contributed by atoms with Crippen LogP contribution in [0.1, 0.15) is 40.8 Å². The molecule has 0 unspecified atom stereocenters. The van der Waals surface area contributed by atoms with Crippen LogP contribution in [0.2, 0.25) is 0 Å². The Morgan fingerprint density at radius 3 is 2.09 bits per heavy atom. The van der Waals surface area contributed by atoms with Gasteiger partial charge in [-0.15, -0.1) is 0 Å². The fourth-order valence-corrected chi connectivity index (χ4v) is 5.39. The second-order valence-corrected chi connectivity index (χ2v) is 11.2. The van der Waals surface area contributed by atoms with Gasteiger partial charge in [-0.05, 0) is 93.3 Å². The molecule has 7 heteroatoms. The van der Waals surface area contributed by atoms with Crippen LogP contribution in [0.15, 0.2) is 70.0 Å². The fraction of sp³-hybridized carbons (Fsp3) is 0.269. The van der Waals surface area contributed by atoms with Crippen LogP contribution in [0.25, 0.3) is 0 Å². The molecule has 0 bridgehead atoms. The zero-order chi connectivity index (χ0) is 24.3. The van der Waals surface area contributed by atoms with Gasteiger partial charge in [0, 0.05) is 4.47 Å². The van der Waals surface area contributed by atoms with Gasteiger partial charge in [0.05, 0.1) is 16.6 Å². The topological polar surface area (TPSA) is 66.5 Å². The smallest absolute Gasteiger partial charge is 0.264 e. The normalized spacial score (nSPS) is 12.3. The molecule has 0 saturated carbocycles. The summed E-state index contributed by atoms with van der Waals surface area (Å²) in [6.45, 7) is 9.59. The summed E-state index contributed by atoms with van der Waals surface area (Å²) in [5.74, 6) is -0.376. The molecule has 0 fully saturated rings. The Kier molecular flexibility index (Phi) is 7.65. The first kappa shape index (κ1) is 25.0. The van der Waals surface area contributed by atoms with Crippen molar-refractivity contribution in [2.24, 2.45) is 0 Å². The van der Waals surface area contributed by atoms with Crippen LogP contribution >= 0.6 is 15.9 Å². The third kappa shape index (κ3) is 5.84. The molecule has 0 aliphatic carbocycles. The largest absolute Gasteiger partial charge is 0.348 e. The molecule has 0 aromatic heterocycles. The minimum Gasteiger partial charge on any atom is -0.348 e. The highest BCUT2D eigenvalue weighted by molar-refractivity contribution is 9.10. The number of rotatable bonds is 7. The van der Waals surface area contributed by atoms with Crippen molar-refractivity contribution in [1.29, 1.82) is 0 Å². The quantitative estimate of drug-likeness (QED) is 0.424. The van der Waals surface area contributed by atoms with E-state index in [0.29, 0.717) is 5.69 Å². The second kappa shape index (κ2) is 10.1. The Hall–Kier alpha value is -2.64. The van der Waals surface area contributed by atoms with Crippen LogP contribution < -0.4 is 9.62 Å². The van der Waals surface area contributed by atoms with Crippen molar-refractivity contribution in [2.75, 3.05) is 10.8 Å². The van der Waals surface area contributed by atoms with Crippen LogP contribution in [-0.4, -0.2) is 20.9 Å². The fourth-order valence-electron chi connectivity index (χ4n) is 3.70. The molecule has 174 valence electrons. The minimum atomic E-state index is -3.94. The maximum Gasteiger partial charge on any atom is 0.264 e. The van der Waals surface area contributed by atoms with Crippen molar-refractivity contribution in [3.8, 4) is 0 Å². The average molecular weight is 530 g/mol. The lowest BCUT2D eigenvalue weighted by molar-refractivity contribution is -0.120. The Morgan fingerprint density at radius 2 is 1.48 bits per heavy atom. The van der Waals surface area contributed by atoms with Gasteiger partial charge in [-0.2, -0.15) is 0 Å². The summed E-state index contributed by atoms with van der Waals surface area (Å²) in [5, 5.41) is 2.97. The highest BCUT2D eigenvalue weighted by Gasteiger charge is 2.28. The number of hydrogen-bond donors (Lipinski definition) is 1. The second-order valence-electron chi connectivity index (χ2n) is 8.38. The predicted molar refractivity (Wildman–Crippen MR) is 137 cm³/mol. The Labute approximate surface area is 205 Å². The van der Waals surface area contributed by atoms with E-state index in [4.69, 9.17) is 0 Å². The van der Waals surface area contributed by atoms with Crippen molar-refractivity contribution >= 4 is 37.5 Å². The molecule has 33 heavy (non-hydrogen) atoms. The first-order valence-electron chi connectivity index (χ1n) is 10.7. The van der Waals surface area contributed by atoms with E-state index >= 15 is 0 Å². The first-order valence-corrected chi connectivity index (χ1v) is 12.9. The minimum absolute atomic E-state index is 0.141. The van der Waals surface area contributed by atoms with Crippen LogP contribution in [0.3, 0.4) is 0 Å². The maximum absolute atomic E-state index is 13.5. The number of hydrogen-bond acceptors (Lipinski definition) is 3. The van der Waals surface area contributed by atoms with E-state index in [1.54, 1.807) is 48.5 Å². The molecular formula is C26H29BrN2O3S. The predicted octanol–water partition coefficient (Wildman–Crippen LogP) is 5.76. The SMILES string of the molecule is Cc1ccc(S(=O)(=O)N(CC(=O)N[C@@H](C)c2cc(C)c(C)cc2C)c2ccc(Br)cc2)cc1. The van der Waals surface area contributed by atoms with E-state index in [9.17, 15) is 13.2 Å². The molecule has 0 aliphatic heterocycles. The number of nitrogens with zero attached hydrogens (tertiary/aromatic N) is 1. The molecule has 1 amide bonds. The molecule has 0 saturated heterocycles. The number of nitrogens with one attached hydrogen (secondary N) is 1. The number of carbonyl (C=O) groups is 1. The van der Waals surface area contributed by atoms with Gasteiger partial charge in [0.2, 0.25) is 5.91 Å². The molecule has 1 atom stereocenters. The summed E-state index contributed by atoms with van der Waals surface area (Å²) in [5.41, 5.74) is 5.82. The van der Waals surface area contributed by atoms with Gasteiger partial charge in [0.1, 0.15) is 6.54 Å². The lowest BCUT2D eigenvalue weighted by Gasteiger charge is -2.26. The van der Waals surface area contributed by atoms with E-state index in [2.05, 4.69) is 40.3 Å². The summed E-state index contributed by atoms with van der Waals surface area (Å²) in [6, 6.07) is 17.4. The standard InChI is InChI=1S/C26H29BrN2O3S/c1-17-6-12-24(13-7-17)33(31,32)29(23-10-8-22(27)9-11-23)16-26(30)28-21(5)25-15-19(3)18(2)14-20(25)4/h6-15,21H,16H2,1-5H3,(H,28,30)/t21-/m0/s1. The van der Waals surface area contributed by atoms with Crippen molar-refractivity contribution < 1.29 is 13.2 Å². The molecule has 3 rings (SSSR count). The van der Waals surface area contributed by atoms with Gasteiger partial charge in [0.25, 0.3) is 10.0 Å². The number of anilines is 1. The van der Waals surface area contributed by atoms with Crippen molar-refractivity contribution in [1.82, 2.24) is 5.32 Å². The molecule has 0 radical (unpaired) electrons. The zero-order valence-corrected chi connectivity index (χ0v) is 21.9. The van der Waals surface area contributed by atoms with Crippen LogP contribution in [0.4, 0.5) is 5.69 Å². The molecule has 1 N–H and O–H groups in total. The number of aryl methyl sites for hydroxylation is 4. The van der Waals surface area contributed by atoms with Gasteiger partial charge < -0.3 is 5.32 Å². The van der Waals surface area contributed by atoms with E-state index in [1.807, 2.05) is 27.7 Å². The molecule has 5 nitrogen and oxygen atoms in total. The van der Waals surface area contributed by atoms with Crippen LogP contribution in [-0.2, 0) is 14.8 Å². The van der Waals surface area contributed by atoms with Crippen molar-refractivity contribution in [3.05, 3.63) is 93.0 Å². The van der Waals surface area contributed by atoms with Gasteiger partial charge in [-0.1, -0.05) is 45.8 Å². The van der Waals surface area contributed by atoms with Gasteiger partial charge in [-0.3, -0.25) is 9.10 Å². The van der Waals surface area contributed by atoms with E-state index < -0.39 is 10.0 Å². The number of carbonyl (C=O) groups excluding carboxylic acids is 1. The number of benzene rings is 3. The number of sulfonamides is 1. The molecule has 0 spiro atoms. The van der Waals surface area contributed by atoms with E-state index in [1.165, 1.54) is 5.56 Å². The molecule has 0 heterocycles. The molecule has 0 aliphatic rings. The maximum atomic E-state index is 13.5. The van der Waals surface area contributed by atoms with Crippen molar-refractivity contribution in [3.63, 3.8) is 0 Å². The Morgan fingerprint density at radius 1 is 0.909 bits per heavy atom. The summed E-state index contributed by atoms with van der Waals surface area (Å²) in [4.78, 5) is 13.2. The first-order chi connectivity index (χ1) is 15.5. The van der Waals surface area contributed by atoms with Gasteiger partial charge in [-0.25, -0.2) is 8.42 Å². The summed E-state index contributed by atoms with van der Waals surface area (Å²) < 4.78 is 29.0. The zero-order valence-electron chi connectivity index (χ0n) is 19.5. The number of halogens is 1. The number of amides is 1.